The lowest BCUT2D eigenvalue weighted by molar-refractivity contribution is -0.115. The number of carbonyl (C=O) groups is 2. The predicted molar refractivity (Wildman–Crippen MR) is 141 cm³/mol. The average Bonchev–Trinajstić information content (AvgIpc) is 2.84. The van der Waals surface area contributed by atoms with Gasteiger partial charge in [0.2, 0.25) is 5.91 Å². The summed E-state index contributed by atoms with van der Waals surface area (Å²) in [5.41, 5.74) is 3.80. The molecule has 2 N–H and O–H groups in total. The molecule has 4 aromatic rings. The monoisotopic (exact) mass is 486 g/mol. The molecule has 0 aliphatic rings. The number of hydrogen-bond acceptors (Lipinski definition) is 3. The number of thioether (sulfide) groups is 1. The van der Waals surface area contributed by atoms with Crippen LogP contribution in [0.25, 0.3) is 0 Å². The Balaban J connectivity index is 1.55. The largest absolute Gasteiger partial charge is 0.325 e. The topological polar surface area (TPSA) is 58.2 Å². The molecule has 4 nitrogen and oxygen atoms in total. The number of anilines is 2. The summed E-state index contributed by atoms with van der Waals surface area (Å²) in [4.78, 5) is 26.8. The van der Waals surface area contributed by atoms with Crippen LogP contribution >= 0.6 is 23.4 Å². The number of para-hydroxylation sites is 1. The zero-order chi connectivity index (χ0) is 23.9. The molecule has 0 bridgehead atoms. The highest BCUT2D eigenvalue weighted by atomic mass is 35.5. The first-order valence-electron chi connectivity index (χ1n) is 10.7. The van der Waals surface area contributed by atoms with Gasteiger partial charge in [0.15, 0.2) is 0 Å². The fourth-order valence-corrected chi connectivity index (χ4v) is 4.70. The maximum absolute atomic E-state index is 13.3. The Bertz CT molecular complexity index is 1310. The molecule has 4 aromatic carbocycles. The van der Waals surface area contributed by atoms with Gasteiger partial charge in [-0.05, 0) is 60.5 Å². The van der Waals surface area contributed by atoms with E-state index in [-0.39, 0.29) is 11.8 Å². The summed E-state index contributed by atoms with van der Waals surface area (Å²) in [5, 5.41) is 5.99. The van der Waals surface area contributed by atoms with Gasteiger partial charge in [-0.25, -0.2) is 0 Å². The van der Waals surface area contributed by atoms with Crippen LogP contribution in [0.3, 0.4) is 0 Å². The fourth-order valence-electron chi connectivity index (χ4n) is 3.43. The Morgan fingerprint density at radius 2 is 1.53 bits per heavy atom. The molecular formula is C28H23ClN2O2S. The van der Waals surface area contributed by atoms with Crippen molar-refractivity contribution >= 4 is 46.6 Å². The van der Waals surface area contributed by atoms with Gasteiger partial charge in [0.25, 0.3) is 5.91 Å². The molecule has 1 atom stereocenters. The van der Waals surface area contributed by atoms with Gasteiger partial charge in [-0.2, -0.15) is 0 Å². The number of nitrogens with one attached hydrogen (secondary N) is 2. The van der Waals surface area contributed by atoms with Crippen LogP contribution in [-0.2, 0) is 4.79 Å². The Kier molecular flexibility index (Phi) is 7.68. The second-order valence-corrected chi connectivity index (χ2v) is 9.32. The third kappa shape index (κ3) is 6.07. The van der Waals surface area contributed by atoms with Crippen molar-refractivity contribution < 1.29 is 9.59 Å². The van der Waals surface area contributed by atoms with Gasteiger partial charge in [0.05, 0.1) is 0 Å². The number of amides is 2. The fraction of sp³-hybridized carbons (Fsp3) is 0.0714. The second kappa shape index (κ2) is 11.1. The number of halogens is 1. The first-order valence-corrected chi connectivity index (χ1v) is 12.0. The molecule has 1 unspecified atom stereocenters. The zero-order valence-electron chi connectivity index (χ0n) is 18.5. The summed E-state index contributed by atoms with van der Waals surface area (Å²) >= 11 is 7.44. The summed E-state index contributed by atoms with van der Waals surface area (Å²) < 4.78 is 0. The summed E-state index contributed by atoms with van der Waals surface area (Å²) in [6.45, 7) is 1.96. The van der Waals surface area contributed by atoms with Crippen LogP contribution < -0.4 is 10.6 Å². The van der Waals surface area contributed by atoms with Crippen LogP contribution in [0.2, 0.25) is 5.02 Å². The molecule has 0 heterocycles. The Labute approximate surface area is 208 Å². The van der Waals surface area contributed by atoms with E-state index in [0.717, 1.165) is 21.7 Å². The second-order valence-electron chi connectivity index (χ2n) is 7.71. The number of carbonyl (C=O) groups excluding carboxylic acids is 2. The van der Waals surface area contributed by atoms with Crippen LogP contribution in [0, 0.1) is 6.92 Å². The molecule has 0 spiro atoms. The normalized spacial score (nSPS) is 11.5. The molecule has 0 saturated carbocycles. The Hall–Kier alpha value is -3.54. The lowest BCUT2D eigenvalue weighted by atomic mass is 10.1. The van der Waals surface area contributed by atoms with Crippen molar-refractivity contribution in [2.45, 2.75) is 17.1 Å². The number of hydrogen-bond donors (Lipinski definition) is 2. The molecule has 34 heavy (non-hydrogen) atoms. The summed E-state index contributed by atoms with van der Waals surface area (Å²) in [7, 11) is 0. The van der Waals surface area contributed by atoms with E-state index < -0.39 is 5.25 Å². The van der Waals surface area contributed by atoms with Crippen molar-refractivity contribution in [3.8, 4) is 0 Å². The smallest absolute Gasteiger partial charge is 0.255 e. The molecule has 0 aliphatic carbocycles. The highest BCUT2D eigenvalue weighted by Crippen LogP contribution is 2.37. The van der Waals surface area contributed by atoms with Crippen molar-refractivity contribution in [1.29, 1.82) is 0 Å². The van der Waals surface area contributed by atoms with Gasteiger partial charge in [-0.3, -0.25) is 9.59 Å². The number of benzene rings is 4. The predicted octanol–water partition coefficient (Wildman–Crippen LogP) is 7.37. The van der Waals surface area contributed by atoms with Crippen molar-refractivity contribution in [3.63, 3.8) is 0 Å². The van der Waals surface area contributed by atoms with E-state index in [1.807, 2.05) is 85.8 Å². The van der Waals surface area contributed by atoms with Gasteiger partial charge >= 0.3 is 0 Å². The molecule has 0 aliphatic heterocycles. The number of rotatable bonds is 7. The zero-order valence-corrected chi connectivity index (χ0v) is 20.1. The first-order chi connectivity index (χ1) is 16.5. The third-order valence-electron chi connectivity index (χ3n) is 5.18. The molecule has 4 rings (SSSR count). The van der Waals surface area contributed by atoms with Crippen molar-refractivity contribution in [2.75, 3.05) is 10.6 Å². The molecule has 6 heteroatoms. The van der Waals surface area contributed by atoms with Crippen LogP contribution in [0.1, 0.15) is 26.7 Å². The van der Waals surface area contributed by atoms with E-state index in [9.17, 15) is 9.59 Å². The van der Waals surface area contributed by atoms with E-state index in [4.69, 9.17) is 11.6 Å². The standard InChI is InChI=1S/C28H23ClN2O2S/c1-19-9-5-6-16-25(19)31-28(33)26(20-10-3-2-4-11-20)34-24-15-8-14-23(18-24)30-27(32)21-12-7-13-22(29)17-21/h2-18,26H,1H3,(H,30,32)(H,31,33). The lowest BCUT2D eigenvalue weighted by Crippen LogP contribution is -2.19. The van der Waals surface area contributed by atoms with Crippen LogP contribution in [0.5, 0.6) is 0 Å². The Morgan fingerprint density at radius 1 is 0.794 bits per heavy atom. The van der Waals surface area contributed by atoms with Crippen molar-refractivity contribution in [2.24, 2.45) is 0 Å². The minimum atomic E-state index is -0.473. The van der Waals surface area contributed by atoms with Crippen molar-refractivity contribution in [3.05, 3.63) is 125 Å². The van der Waals surface area contributed by atoms with Crippen LogP contribution in [0.4, 0.5) is 11.4 Å². The van der Waals surface area contributed by atoms with Gasteiger partial charge < -0.3 is 10.6 Å². The summed E-state index contributed by atoms with van der Waals surface area (Å²) in [6.07, 6.45) is 0. The molecule has 170 valence electrons. The highest BCUT2D eigenvalue weighted by Gasteiger charge is 2.23. The first kappa shape index (κ1) is 23.6. The maximum Gasteiger partial charge on any atom is 0.255 e. The van der Waals surface area contributed by atoms with Crippen molar-refractivity contribution in [1.82, 2.24) is 0 Å². The molecule has 0 fully saturated rings. The van der Waals surface area contributed by atoms with Gasteiger partial charge in [-0.1, -0.05) is 72.3 Å². The summed E-state index contributed by atoms with van der Waals surface area (Å²) in [5.74, 6) is -0.361. The maximum atomic E-state index is 13.3. The van der Waals surface area contributed by atoms with Crippen LogP contribution in [-0.4, -0.2) is 11.8 Å². The average molecular weight is 487 g/mol. The molecule has 0 aromatic heterocycles. The van der Waals surface area contributed by atoms with E-state index in [0.29, 0.717) is 16.3 Å². The van der Waals surface area contributed by atoms with E-state index in [2.05, 4.69) is 10.6 Å². The minimum absolute atomic E-state index is 0.112. The minimum Gasteiger partial charge on any atom is -0.325 e. The van der Waals surface area contributed by atoms with Gasteiger partial charge in [0, 0.05) is 26.9 Å². The van der Waals surface area contributed by atoms with Gasteiger partial charge in [0.1, 0.15) is 5.25 Å². The molecular weight excluding hydrogens is 464 g/mol. The molecule has 2 amide bonds. The highest BCUT2D eigenvalue weighted by molar-refractivity contribution is 8.00. The SMILES string of the molecule is Cc1ccccc1NC(=O)C(Sc1cccc(NC(=O)c2cccc(Cl)c2)c1)c1ccccc1. The van der Waals surface area contributed by atoms with E-state index in [1.165, 1.54) is 11.8 Å². The molecule has 0 saturated heterocycles. The quantitative estimate of drug-likeness (QED) is 0.268. The number of aryl methyl sites for hydroxylation is 1. The van der Waals surface area contributed by atoms with Crippen LogP contribution in [0.15, 0.2) is 108 Å². The van der Waals surface area contributed by atoms with Gasteiger partial charge in [-0.15, -0.1) is 11.8 Å². The third-order valence-corrected chi connectivity index (χ3v) is 6.66. The Morgan fingerprint density at radius 3 is 2.29 bits per heavy atom. The van der Waals surface area contributed by atoms with E-state index >= 15 is 0 Å². The molecule has 0 radical (unpaired) electrons. The summed E-state index contributed by atoms with van der Waals surface area (Å²) in [6, 6.07) is 31.6. The lowest BCUT2D eigenvalue weighted by Gasteiger charge is -2.18. The van der Waals surface area contributed by atoms with E-state index in [1.54, 1.807) is 24.3 Å².